The third-order valence-electron chi connectivity index (χ3n) is 3.90. The van der Waals surface area contributed by atoms with Gasteiger partial charge in [0.2, 0.25) is 0 Å². The number of hydrogen-bond acceptors (Lipinski definition) is 4. The van der Waals surface area contributed by atoms with E-state index >= 15 is 0 Å². The second kappa shape index (κ2) is 5.96. The van der Waals surface area contributed by atoms with E-state index < -0.39 is 15.0 Å². The Morgan fingerprint density at radius 2 is 2.10 bits per heavy atom. The molecule has 21 heavy (non-hydrogen) atoms. The van der Waals surface area contributed by atoms with Gasteiger partial charge in [-0.15, -0.1) is 0 Å². The van der Waals surface area contributed by atoms with Gasteiger partial charge >= 0.3 is 0 Å². The van der Waals surface area contributed by atoms with E-state index in [1.807, 2.05) is 20.8 Å². The van der Waals surface area contributed by atoms with E-state index in [4.69, 9.17) is 10.7 Å². The molecular formula is C13H20ClN3O3S. The lowest BCUT2D eigenvalue weighted by atomic mass is 10.2. The molecule has 1 saturated carbocycles. The van der Waals surface area contributed by atoms with Crippen molar-refractivity contribution in [1.29, 1.82) is 0 Å². The van der Waals surface area contributed by atoms with Crippen molar-refractivity contribution in [3.63, 3.8) is 0 Å². The quantitative estimate of drug-likeness (QED) is 0.811. The molecule has 118 valence electrons. The van der Waals surface area contributed by atoms with Gasteiger partial charge in [0.1, 0.15) is 4.90 Å². The van der Waals surface area contributed by atoms with Gasteiger partial charge in [-0.2, -0.15) is 5.10 Å². The molecule has 1 aliphatic rings. The maximum absolute atomic E-state index is 12.6. The molecule has 1 unspecified atom stereocenters. The van der Waals surface area contributed by atoms with Gasteiger partial charge < -0.3 is 4.90 Å². The third kappa shape index (κ3) is 3.23. The van der Waals surface area contributed by atoms with Crippen molar-refractivity contribution in [2.75, 3.05) is 6.54 Å². The Hall–Kier alpha value is -1.08. The van der Waals surface area contributed by atoms with Gasteiger partial charge in [0, 0.05) is 29.2 Å². The molecule has 1 amide bonds. The molecule has 0 radical (unpaired) electrons. The monoisotopic (exact) mass is 333 g/mol. The maximum atomic E-state index is 12.6. The fourth-order valence-corrected chi connectivity index (χ4v) is 3.71. The van der Waals surface area contributed by atoms with Crippen LogP contribution in [0.3, 0.4) is 0 Å². The van der Waals surface area contributed by atoms with E-state index in [-0.39, 0.29) is 22.5 Å². The van der Waals surface area contributed by atoms with E-state index in [0.29, 0.717) is 12.2 Å². The van der Waals surface area contributed by atoms with Gasteiger partial charge in [-0.3, -0.25) is 9.89 Å². The summed E-state index contributed by atoms with van der Waals surface area (Å²) in [5.41, 5.74) is 0.377. The minimum Gasteiger partial charge on any atom is -0.335 e. The number of H-pyrrole nitrogens is 1. The van der Waals surface area contributed by atoms with Gasteiger partial charge in [-0.1, -0.05) is 6.92 Å². The summed E-state index contributed by atoms with van der Waals surface area (Å²) in [5.74, 6) is -0.282. The topological polar surface area (TPSA) is 83.1 Å². The van der Waals surface area contributed by atoms with Gasteiger partial charge in [-0.05, 0) is 33.1 Å². The molecular weight excluding hydrogens is 314 g/mol. The first-order chi connectivity index (χ1) is 9.81. The SMILES string of the molecule is CCC(C)N(CC)C(=O)c1n[nH]c(C2CC2)c1S(=O)(=O)Cl. The normalized spacial score (nSPS) is 16.8. The van der Waals surface area contributed by atoms with Crippen LogP contribution < -0.4 is 0 Å². The fraction of sp³-hybridized carbons (Fsp3) is 0.692. The van der Waals surface area contributed by atoms with Crippen LogP contribution >= 0.6 is 10.7 Å². The van der Waals surface area contributed by atoms with Crippen molar-refractivity contribution in [3.05, 3.63) is 11.4 Å². The highest BCUT2D eigenvalue weighted by molar-refractivity contribution is 8.13. The summed E-state index contributed by atoms with van der Waals surface area (Å²) in [5, 5.41) is 6.65. The number of halogens is 1. The van der Waals surface area contributed by atoms with Crippen molar-refractivity contribution in [1.82, 2.24) is 15.1 Å². The number of rotatable bonds is 6. The molecule has 8 heteroatoms. The Kier molecular flexibility index (Phi) is 4.63. The summed E-state index contributed by atoms with van der Waals surface area (Å²) in [7, 11) is 1.51. The van der Waals surface area contributed by atoms with Crippen LogP contribution in [0.1, 0.15) is 62.1 Å². The molecule has 1 fully saturated rings. The molecule has 0 aromatic carbocycles. The summed E-state index contributed by atoms with van der Waals surface area (Å²) >= 11 is 0. The molecule has 1 aromatic heterocycles. The molecule has 6 nitrogen and oxygen atoms in total. The molecule has 0 aliphatic heterocycles. The van der Waals surface area contributed by atoms with Crippen molar-refractivity contribution in [2.24, 2.45) is 0 Å². The summed E-state index contributed by atoms with van der Waals surface area (Å²) in [6.07, 6.45) is 2.55. The molecule has 1 atom stereocenters. The molecule has 1 N–H and O–H groups in total. The number of aromatic amines is 1. The first-order valence-electron chi connectivity index (χ1n) is 7.15. The largest absolute Gasteiger partial charge is 0.335 e. The summed E-state index contributed by atoms with van der Waals surface area (Å²) < 4.78 is 23.7. The van der Waals surface area contributed by atoms with Crippen LogP contribution in [-0.4, -0.2) is 42.0 Å². The molecule has 2 rings (SSSR count). The summed E-state index contributed by atoms with van der Waals surface area (Å²) in [4.78, 5) is 14.1. The standard InChI is InChI=1S/C13H20ClN3O3S/c1-4-8(3)17(5-2)13(18)11-12(21(14,19)20)10(15-16-11)9-6-7-9/h8-9H,4-7H2,1-3H3,(H,15,16). The average Bonchev–Trinajstić information content (AvgIpc) is 3.15. The minimum absolute atomic E-state index is 0.00875. The highest BCUT2D eigenvalue weighted by atomic mass is 35.7. The smallest absolute Gasteiger partial charge is 0.276 e. The Labute approximate surface area is 129 Å². The van der Waals surface area contributed by atoms with E-state index in [1.54, 1.807) is 4.90 Å². The lowest BCUT2D eigenvalue weighted by Gasteiger charge is -2.26. The Balaban J connectivity index is 2.46. The zero-order chi connectivity index (χ0) is 15.8. The zero-order valence-corrected chi connectivity index (χ0v) is 14.0. The summed E-state index contributed by atoms with van der Waals surface area (Å²) in [6, 6.07) is 0.00875. The van der Waals surface area contributed by atoms with Gasteiger partial charge in [0.15, 0.2) is 5.69 Å². The zero-order valence-electron chi connectivity index (χ0n) is 12.4. The van der Waals surface area contributed by atoms with Gasteiger partial charge in [0.05, 0.1) is 5.69 Å². The number of amides is 1. The number of carbonyl (C=O) groups is 1. The molecule has 1 heterocycles. The number of nitrogens with one attached hydrogen (secondary N) is 1. The predicted octanol–water partition coefficient (Wildman–Crippen LogP) is 2.48. The van der Waals surface area contributed by atoms with Crippen molar-refractivity contribution < 1.29 is 13.2 Å². The van der Waals surface area contributed by atoms with Crippen molar-refractivity contribution in [3.8, 4) is 0 Å². The van der Waals surface area contributed by atoms with Gasteiger partial charge in [0.25, 0.3) is 15.0 Å². The van der Waals surface area contributed by atoms with Crippen LogP contribution in [0, 0.1) is 0 Å². The number of hydrogen-bond donors (Lipinski definition) is 1. The molecule has 1 aliphatic carbocycles. The highest BCUT2D eigenvalue weighted by Crippen LogP contribution is 2.43. The van der Waals surface area contributed by atoms with Crippen molar-refractivity contribution >= 4 is 25.6 Å². The number of aromatic nitrogens is 2. The van der Waals surface area contributed by atoms with E-state index in [9.17, 15) is 13.2 Å². The van der Waals surface area contributed by atoms with E-state index in [2.05, 4.69) is 10.2 Å². The van der Waals surface area contributed by atoms with E-state index in [1.165, 1.54) is 0 Å². The second-order valence-electron chi connectivity index (χ2n) is 5.38. The van der Waals surface area contributed by atoms with Crippen molar-refractivity contribution in [2.45, 2.75) is 56.9 Å². The third-order valence-corrected chi connectivity index (χ3v) is 5.27. The number of nitrogens with zero attached hydrogens (tertiary/aromatic N) is 2. The van der Waals surface area contributed by atoms with Crippen LogP contribution in [0.4, 0.5) is 0 Å². The Morgan fingerprint density at radius 1 is 1.48 bits per heavy atom. The molecule has 0 bridgehead atoms. The molecule has 0 spiro atoms. The first-order valence-corrected chi connectivity index (χ1v) is 9.46. The van der Waals surface area contributed by atoms with Crippen LogP contribution in [0.2, 0.25) is 0 Å². The minimum atomic E-state index is -4.01. The average molecular weight is 334 g/mol. The van der Waals surface area contributed by atoms with Gasteiger partial charge in [-0.25, -0.2) is 8.42 Å². The van der Waals surface area contributed by atoms with Crippen LogP contribution in [0.5, 0.6) is 0 Å². The second-order valence-corrected chi connectivity index (χ2v) is 7.88. The van der Waals surface area contributed by atoms with E-state index in [0.717, 1.165) is 19.3 Å². The lowest BCUT2D eigenvalue weighted by Crippen LogP contribution is -2.38. The van der Waals surface area contributed by atoms with Crippen LogP contribution in [-0.2, 0) is 9.05 Å². The Bertz CT molecular complexity index is 637. The fourth-order valence-electron chi connectivity index (χ4n) is 2.40. The molecule has 0 saturated heterocycles. The lowest BCUT2D eigenvalue weighted by molar-refractivity contribution is 0.0690. The molecule has 1 aromatic rings. The van der Waals surface area contributed by atoms with Crippen LogP contribution in [0.25, 0.3) is 0 Å². The first kappa shape index (κ1) is 16.3. The predicted molar refractivity (Wildman–Crippen MR) is 80.1 cm³/mol. The maximum Gasteiger partial charge on any atom is 0.276 e. The van der Waals surface area contributed by atoms with Crippen LogP contribution in [0.15, 0.2) is 4.90 Å². The number of carbonyl (C=O) groups excluding carboxylic acids is 1. The highest BCUT2D eigenvalue weighted by Gasteiger charge is 2.37. The summed E-state index contributed by atoms with van der Waals surface area (Å²) in [6.45, 7) is 6.24. The Morgan fingerprint density at radius 3 is 2.52 bits per heavy atom.